The van der Waals surface area contributed by atoms with Crippen molar-refractivity contribution in [2.75, 3.05) is 46.4 Å². The van der Waals surface area contributed by atoms with Crippen LogP contribution in [0.25, 0.3) is 0 Å². The zero-order chi connectivity index (χ0) is 14.4. The van der Waals surface area contributed by atoms with Crippen LogP contribution in [0.5, 0.6) is 0 Å². The van der Waals surface area contributed by atoms with Crippen molar-refractivity contribution in [3.05, 3.63) is 34.9 Å². The lowest BCUT2D eigenvalue weighted by Crippen LogP contribution is -2.42. The molecule has 20 heavy (non-hydrogen) atoms. The molecule has 1 amide bonds. The number of hydrogen-bond acceptors (Lipinski definition) is 3. The van der Waals surface area contributed by atoms with Crippen molar-refractivity contribution in [1.82, 2.24) is 9.80 Å². The van der Waals surface area contributed by atoms with E-state index in [-0.39, 0.29) is 5.91 Å². The van der Waals surface area contributed by atoms with Crippen LogP contribution in [-0.4, -0.2) is 62.1 Å². The van der Waals surface area contributed by atoms with Crippen molar-refractivity contribution in [3.63, 3.8) is 0 Å². The molecule has 0 N–H and O–H groups in total. The average Bonchev–Trinajstić information content (AvgIpc) is 2.48. The first-order valence-corrected chi connectivity index (χ1v) is 7.31. The highest BCUT2D eigenvalue weighted by Crippen LogP contribution is 2.10. The van der Waals surface area contributed by atoms with Gasteiger partial charge in [0.25, 0.3) is 0 Å². The van der Waals surface area contributed by atoms with E-state index < -0.39 is 0 Å². The second-order valence-corrected chi connectivity index (χ2v) is 5.51. The number of halogens is 1. The summed E-state index contributed by atoms with van der Waals surface area (Å²) in [5.41, 5.74) is 0.998. The summed E-state index contributed by atoms with van der Waals surface area (Å²) in [5.74, 6) is 0.139. The summed E-state index contributed by atoms with van der Waals surface area (Å²) in [5, 5.41) is 0.696. The molecule has 0 saturated carbocycles. The molecule has 1 fully saturated rings. The van der Waals surface area contributed by atoms with Gasteiger partial charge in [-0.3, -0.25) is 9.69 Å². The number of benzene rings is 1. The molecule has 1 aliphatic rings. The van der Waals surface area contributed by atoms with E-state index >= 15 is 0 Å². The summed E-state index contributed by atoms with van der Waals surface area (Å²) >= 11 is 5.84. The third-order valence-electron chi connectivity index (χ3n) is 3.55. The Kier molecular flexibility index (Phi) is 5.83. The molecular weight excluding hydrogens is 276 g/mol. The van der Waals surface area contributed by atoms with Crippen molar-refractivity contribution in [2.45, 2.75) is 6.42 Å². The first-order valence-electron chi connectivity index (χ1n) is 6.93. The second kappa shape index (κ2) is 7.62. The van der Waals surface area contributed by atoms with Crippen molar-refractivity contribution in [2.24, 2.45) is 0 Å². The van der Waals surface area contributed by atoms with Gasteiger partial charge < -0.3 is 9.64 Å². The highest BCUT2D eigenvalue weighted by molar-refractivity contribution is 6.30. The number of hydrogen-bond donors (Lipinski definition) is 0. The minimum absolute atomic E-state index is 0.139. The fraction of sp³-hybridized carbons (Fsp3) is 0.533. The maximum Gasteiger partial charge on any atom is 0.226 e. The van der Waals surface area contributed by atoms with Gasteiger partial charge in [-0.05, 0) is 17.7 Å². The largest absolute Gasteiger partial charge is 0.379 e. The van der Waals surface area contributed by atoms with E-state index in [4.69, 9.17) is 16.3 Å². The monoisotopic (exact) mass is 296 g/mol. The van der Waals surface area contributed by atoms with E-state index in [9.17, 15) is 4.79 Å². The minimum atomic E-state index is 0.139. The first kappa shape index (κ1) is 15.3. The van der Waals surface area contributed by atoms with E-state index in [0.29, 0.717) is 11.4 Å². The predicted octanol–water partition coefficient (Wildman–Crippen LogP) is 1.67. The van der Waals surface area contributed by atoms with Gasteiger partial charge in [-0.25, -0.2) is 0 Å². The SMILES string of the molecule is CN(CCN1CCOCC1)C(=O)Cc1ccc(Cl)cc1. The van der Waals surface area contributed by atoms with Crippen LogP contribution in [0.1, 0.15) is 5.56 Å². The van der Waals surface area contributed by atoms with Gasteiger partial charge in [0.1, 0.15) is 0 Å². The molecule has 1 saturated heterocycles. The van der Waals surface area contributed by atoms with E-state index in [1.807, 2.05) is 31.3 Å². The standard InChI is InChI=1S/C15H21ClN2O2/c1-17(6-7-18-8-10-20-11-9-18)15(19)12-13-2-4-14(16)5-3-13/h2-5H,6-12H2,1H3. The topological polar surface area (TPSA) is 32.8 Å². The minimum Gasteiger partial charge on any atom is -0.379 e. The molecular formula is C15H21ClN2O2. The van der Waals surface area contributed by atoms with Crippen molar-refractivity contribution in [1.29, 1.82) is 0 Å². The number of morpholine rings is 1. The molecule has 4 nitrogen and oxygen atoms in total. The summed E-state index contributed by atoms with van der Waals surface area (Å²) in [7, 11) is 1.86. The van der Waals surface area contributed by atoms with Crippen LogP contribution in [0.4, 0.5) is 0 Å². The van der Waals surface area contributed by atoms with Gasteiger partial charge in [-0.2, -0.15) is 0 Å². The summed E-state index contributed by atoms with van der Waals surface area (Å²) in [6.07, 6.45) is 0.427. The smallest absolute Gasteiger partial charge is 0.226 e. The van der Waals surface area contributed by atoms with E-state index in [1.165, 1.54) is 0 Å². The summed E-state index contributed by atoms with van der Waals surface area (Å²) in [6.45, 7) is 5.17. The fourth-order valence-electron chi connectivity index (χ4n) is 2.15. The molecule has 5 heteroatoms. The van der Waals surface area contributed by atoms with Gasteiger partial charge >= 0.3 is 0 Å². The fourth-order valence-corrected chi connectivity index (χ4v) is 2.28. The second-order valence-electron chi connectivity index (χ2n) is 5.07. The maximum absolute atomic E-state index is 12.1. The zero-order valence-corrected chi connectivity index (χ0v) is 12.6. The first-order chi connectivity index (χ1) is 9.65. The zero-order valence-electron chi connectivity index (χ0n) is 11.8. The highest BCUT2D eigenvalue weighted by atomic mass is 35.5. The molecule has 0 aromatic heterocycles. The third kappa shape index (κ3) is 4.78. The van der Waals surface area contributed by atoms with Crippen LogP contribution in [0.2, 0.25) is 5.02 Å². The van der Waals surface area contributed by atoms with Crippen LogP contribution in [0.3, 0.4) is 0 Å². The lowest BCUT2D eigenvalue weighted by Gasteiger charge is -2.28. The Bertz CT molecular complexity index is 430. The molecule has 1 aromatic carbocycles. The number of carbonyl (C=O) groups is 1. The Balaban J connectivity index is 1.75. The molecule has 0 radical (unpaired) electrons. The molecule has 0 aliphatic carbocycles. The van der Waals surface area contributed by atoms with Gasteiger partial charge in [0.2, 0.25) is 5.91 Å². The molecule has 1 aliphatic heterocycles. The Hall–Kier alpha value is -1.10. The molecule has 1 aromatic rings. The Morgan fingerprint density at radius 1 is 1.30 bits per heavy atom. The van der Waals surface area contributed by atoms with E-state index in [2.05, 4.69) is 4.90 Å². The van der Waals surface area contributed by atoms with Gasteiger partial charge in [0.15, 0.2) is 0 Å². The highest BCUT2D eigenvalue weighted by Gasteiger charge is 2.13. The van der Waals surface area contributed by atoms with Crippen LogP contribution >= 0.6 is 11.6 Å². The van der Waals surface area contributed by atoms with Crippen LogP contribution in [0, 0.1) is 0 Å². The van der Waals surface area contributed by atoms with E-state index in [1.54, 1.807) is 4.90 Å². The van der Waals surface area contributed by atoms with Crippen molar-refractivity contribution >= 4 is 17.5 Å². The Morgan fingerprint density at radius 2 is 1.95 bits per heavy atom. The Labute approximate surface area is 125 Å². The quantitative estimate of drug-likeness (QED) is 0.829. The summed E-state index contributed by atoms with van der Waals surface area (Å²) < 4.78 is 5.31. The molecule has 1 heterocycles. The van der Waals surface area contributed by atoms with E-state index in [0.717, 1.165) is 45.0 Å². The van der Waals surface area contributed by atoms with Crippen LogP contribution < -0.4 is 0 Å². The number of ether oxygens (including phenoxy) is 1. The molecule has 110 valence electrons. The average molecular weight is 297 g/mol. The summed E-state index contributed by atoms with van der Waals surface area (Å²) in [4.78, 5) is 16.2. The van der Waals surface area contributed by atoms with Gasteiger partial charge in [0, 0.05) is 38.2 Å². The van der Waals surface area contributed by atoms with Crippen LogP contribution in [0.15, 0.2) is 24.3 Å². The normalized spacial score (nSPS) is 16.1. The lowest BCUT2D eigenvalue weighted by molar-refractivity contribution is -0.129. The molecule has 0 spiro atoms. The van der Waals surface area contributed by atoms with Crippen molar-refractivity contribution < 1.29 is 9.53 Å². The molecule has 0 bridgehead atoms. The number of carbonyl (C=O) groups excluding carboxylic acids is 1. The molecule has 2 rings (SSSR count). The van der Waals surface area contributed by atoms with Crippen LogP contribution in [-0.2, 0) is 16.0 Å². The van der Waals surface area contributed by atoms with Gasteiger partial charge in [0.05, 0.1) is 19.6 Å². The summed E-state index contributed by atoms with van der Waals surface area (Å²) in [6, 6.07) is 7.43. The maximum atomic E-state index is 12.1. The third-order valence-corrected chi connectivity index (χ3v) is 3.80. The molecule has 0 atom stereocenters. The van der Waals surface area contributed by atoms with Gasteiger partial charge in [-0.15, -0.1) is 0 Å². The number of rotatable bonds is 5. The number of amides is 1. The van der Waals surface area contributed by atoms with Gasteiger partial charge in [-0.1, -0.05) is 23.7 Å². The van der Waals surface area contributed by atoms with Crippen molar-refractivity contribution in [3.8, 4) is 0 Å². The number of nitrogens with zero attached hydrogens (tertiary/aromatic N) is 2. The lowest BCUT2D eigenvalue weighted by atomic mass is 10.1. The Morgan fingerprint density at radius 3 is 2.60 bits per heavy atom. The molecule has 0 unspecified atom stereocenters. The predicted molar refractivity (Wildman–Crippen MR) is 80.1 cm³/mol. The number of likely N-dealkylation sites (N-methyl/N-ethyl adjacent to an activating group) is 1.